The van der Waals surface area contributed by atoms with Crippen LogP contribution in [0.3, 0.4) is 0 Å². The number of benzene rings is 20. The lowest BCUT2D eigenvalue weighted by Crippen LogP contribution is -2.28. The van der Waals surface area contributed by atoms with Crippen LogP contribution >= 0.6 is 0 Å². The zero-order chi connectivity index (χ0) is 93.9. The van der Waals surface area contributed by atoms with Gasteiger partial charge in [-0.1, -0.05) is 516 Å². The Balaban J connectivity index is 0.000000115. The van der Waals surface area contributed by atoms with E-state index in [9.17, 15) is 0 Å². The van der Waals surface area contributed by atoms with Gasteiger partial charge in [0.2, 0.25) is 0 Å². The Morgan fingerprint density at radius 2 is 0.255 bits per heavy atom. The maximum Gasteiger partial charge on any atom is 0.164 e. The Morgan fingerprint density at radius 3 is 0.511 bits per heavy atom. The van der Waals surface area contributed by atoms with E-state index < -0.39 is 16.2 Å². The molecule has 3 aliphatic rings. The minimum absolute atomic E-state index is 0.484. The van der Waals surface area contributed by atoms with Crippen LogP contribution in [0, 0.1) is 0 Å². The van der Waals surface area contributed by atoms with E-state index in [0.717, 1.165) is 66.8 Å². The van der Waals surface area contributed by atoms with Crippen LogP contribution < -0.4 is 0 Å². The lowest BCUT2D eigenvalue weighted by molar-refractivity contribution is 0.768. The van der Waals surface area contributed by atoms with Crippen LogP contribution in [0.5, 0.6) is 0 Å². The van der Waals surface area contributed by atoms with Gasteiger partial charge < -0.3 is 0 Å². The van der Waals surface area contributed by atoms with E-state index in [1.807, 2.05) is 109 Å². The number of hydrogen-bond donors (Lipinski definition) is 0. The predicted molar refractivity (Wildman–Crippen MR) is 571 cm³/mol. The first kappa shape index (κ1) is 85.4. The van der Waals surface area contributed by atoms with Gasteiger partial charge in [-0.15, -0.1) is 0 Å². The third kappa shape index (κ3) is 15.6. The van der Waals surface area contributed by atoms with Crippen LogP contribution in [0.25, 0.3) is 158 Å². The molecule has 3 aliphatic carbocycles. The average molecular weight is 1800 g/mol. The molecule has 3 heterocycles. The zero-order valence-corrected chi connectivity index (χ0v) is 76.9. The van der Waals surface area contributed by atoms with Crippen molar-refractivity contribution in [2.24, 2.45) is 0 Å². The normalized spacial score (nSPS) is 12.7. The quantitative estimate of drug-likeness (QED) is 0.0879. The Bertz CT molecular complexity index is 8290. The van der Waals surface area contributed by atoms with Crippen LogP contribution in [0.2, 0.25) is 0 Å². The van der Waals surface area contributed by atoms with E-state index in [1.165, 1.54) is 106 Å². The molecule has 0 aliphatic heterocycles. The Morgan fingerprint density at radius 1 is 0.0993 bits per heavy atom. The van der Waals surface area contributed by atoms with Gasteiger partial charge in [-0.3, -0.25) is 0 Å². The smallest absolute Gasteiger partial charge is 0.164 e. The topological polar surface area (TPSA) is 116 Å². The summed E-state index contributed by atoms with van der Waals surface area (Å²) in [7, 11) is 0. The summed E-state index contributed by atoms with van der Waals surface area (Å²) < 4.78 is 0. The monoisotopic (exact) mass is 1800 g/mol. The molecule has 662 valence electrons. The van der Waals surface area contributed by atoms with Gasteiger partial charge in [0.15, 0.2) is 52.4 Å². The summed E-state index contributed by atoms with van der Waals surface area (Å²) >= 11 is 0. The van der Waals surface area contributed by atoms with Gasteiger partial charge in [0.1, 0.15) is 0 Å². The molecule has 0 atom stereocenters. The summed E-state index contributed by atoms with van der Waals surface area (Å²) in [5.41, 5.74) is 33.9. The molecule has 0 radical (unpaired) electrons. The second-order valence-corrected chi connectivity index (χ2v) is 35.6. The molecule has 0 unspecified atom stereocenters. The van der Waals surface area contributed by atoms with Crippen molar-refractivity contribution in [3.63, 3.8) is 0 Å². The van der Waals surface area contributed by atoms with Gasteiger partial charge in [0.05, 0.1) is 16.2 Å². The highest BCUT2D eigenvalue weighted by Gasteiger charge is 2.50. The van der Waals surface area contributed by atoms with Crippen molar-refractivity contribution in [1.82, 2.24) is 44.9 Å². The molecular formula is C132H89N9. The Labute approximate surface area is 820 Å². The highest BCUT2D eigenvalue weighted by molar-refractivity contribution is 5.92. The molecular weight excluding hydrogens is 1710 g/mol. The first-order valence-corrected chi connectivity index (χ1v) is 47.8. The molecule has 0 saturated heterocycles. The summed E-state index contributed by atoms with van der Waals surface area (Å²) in [5.74, 6) is 5.83. The molecule has 20 aromatic carbocycles. The minimum atomic E-state index is -0.507. The van der Waals surface area contributed by atoms with Crippen molar-refractivity contribution in [2.45, 2.75) is 16.2 Å². The molecule has 0 bridgehead atoms. The van der Waals surface area contributed by atoms with Crippen molar-refractivity contribution in [2.75, 3.05) is 0 Å². The van der Waals surface area contributed by atoms with E-state index in [1.54, 1.807) is 0 Å². The van der Waals surface area contributed by atoms with Crippen LogP contribution in [0.4, 0.5) is 0 Å². The van der Waals surface area contributed by atoms with Crippen molar-refractivity contribution in [1.29, 1.82) is 0 Å². The Hall–Kier alpha value is -18.6. The molecule has 0 saturated carbocycles. The fourth-order valence-electron chi connectivity index (χ4n) is 21.3. The fourth-order valence-corrected chi connectivity index (χ4v) is 21.3. The number of nitrogens with zero attached hydrogens (tertiary/aromatic N) is 9. The molecule has 141 heavy (non-hydrogen) atoms. The predicted octanol–water partition coefficient (Wildman–Crippen LogP) is 31.0. The van der Waals surface area contributed by atoms with Gasteiger partial charge in [0.25, 0.3) is 0 Å². The first-order chi connectivity index (χ1) is 69.9. The van der Waals surface area contributed by atoms with Crippen LogP contribution in [0.15, 0.2) is 540 Å². The summed E-state index contributed by atoms with van der Waals surface area (Å²) in [6.07, 6.45) is 0. The molecule has 9 heteroatoms. The molecule has 23 aromatic rings. The van der Waals surface area contributed by atoms with E-state index in [-0.39, 0.29) is 0 Å². The SMILES string of the molecule is c1ccc(-c2ccc(-c3nc(-c4ccccc4)nc(-c4ccc5c(c4)C(c4ccccc4)(c4ccccc4)c4ccccc4-5)n3)cc2)cc1.c1ccc(-c2cccc(-c3nc(-c4ccccc4)nc(-c4ccc5c(c4)C(c4ccccc4)(c4ccccc4)c4ccccc4-5)n3)c2)cc1.c1ccc(-c2nc(-c3ccccc3)nc(-c3ccc4c(c3)C(c3ccccc3)(c3ccccc3)c3ccccc3-4)n2)cc1. The lowest BCUT2D eigenvalue weighted by atomic mass is 9.67. The van der Waals surface area contributed by atoms with Crippen LogP contribution in [-0.2, 0) is 16.2 Å². The largest absolute Gasteiger partial charge is 0.208 e. The molecule has 0 spiro atoms. The molecule has 9 nitrogen and oxygen atoms in total. The van der Waals surface area contributed by atoms with Crippen LogP contribution in [0.1, 0.15) is 66.8 Å². The third-order valence-corrected chi connectivity index (χ3v) is 27.7. The highest BCUT2D eigenvalue weighted by Crippen LogP contribution is 2.61. The number of hydrogen-bond acceptors (Lipinski definition) is 9. The molecule has 26 rings (SSSR count). The van der Waals surface area contributed by atoms with Crippen molar-refractivity contribution in [3.05, 3.63) is 607 Å². The summed E-state index contributed by atoms with van der Waals surface area (Å²) in [6, 6.07) is 190. The standard InChI is InChI=1S/2C46H31N3.C40H27N3/c1-5-16-32(17-6-1)34-20-15-21-35(30-34)44-47-43(33-18-7-2-8-19-33)48-45(49-44)36-28-29-40-39-26-13-14-27-41(39)46(42(40)31-36,37-22-9-3-10-23-37)38-24-11-4-12-25-38;1-5-15-32(16-6-1)33-25-27-35(28-26-33)44-47-43(34-17-7-2-8-18-34)48-45(49-44)36-29-30-40-39-23-13-14-24-41(39)46(42(40)31-36,37-19-9-3-10-20-37)38-21-11-4-12-22-38;1-5-15-28(16-6-1)37-41-38(29-17-7-2-8-18-29)43-39(42-37)30-25-26-34-33-23-13-14-24-35(33)40(36(34)27-30,31-19-9-3-10-20-31)32-21-11-4-12-22-32/h2*1-31H;1-27H. The van der Waals surface area contributed by atoms with Gasteiger partial charge >= 0.3 is 0 Å². The van der Waals surface area contributed by atoms with Gasteiger partial charge in [-0.25, -0.2) is 44.9 Å². The van der Waals surface area contributed by atoms with Crippen molar-refractivity contribution >= 4 is 0 Å². The van der Waals surface area contributed by atoms with E-state index in [0.29, 0.717) is 52.4 Å². The third-order valence-electron chi connectivity index (χ3n) is 27.7. The van der Waals surface area contributed by atoms with Gasteiger partial charge in [-0.05, 0) is 147 Å². The lowest BCUT2D eigenvalue weighted by Gasteiger charge is -2.34. The fraction of sp³-hybridized carbons (Fsp3) is 0.0227. The second kappa shape index (κ2) is 37.3. The van der Waals surface area contributed by atoms with Crippen molar-refractivity contribution < 1.29 is 0 Å². The van der Waals surface area contributed by atoms with E-state index >= 15 is 0 Å². The summed E-state index contributed by atoms with van der Waals surface area (Å²) in [6.45, 7) is 0. The van der Waals surface area contributed by atoms with Crippen LogP contribution in [-0.4, -0.2) is 44.9 Å². The summed E-state index contributed by atoms with van der Waals surface area (Å²) in [5, 5.41) is 0. The molecule has 0 N–H and O–H groups in total. The minimum Gasteiger partial charge on any atom is -0.208 e. The van der Waals surface area contributed by atoms with Gasteiger partial charge in [-0.2, -0.15) is 0 Å². The van der Waals surface area contributed by atoms with Crippen molar-refractivity contribution in [3.8, 4) is 158 Å². The number of fused-ring (bicyclic) bond motifs is 9. The Kier molecular flexibility index (Phi) is 22.6. The van der Waals surface area contributed by atoms with E-state index in [2.05, 4.69) is 431 Å². The molecule has 0 amide bonds. The zero-order valence-electron chi connectivity index (χ0n) is 76.9. The maximum atomic E-state index is 5.18. The molecule has 0 fully saturated rings. The number of rotatable bonds is 17. The maximum absolute atomic E-state index is 5.18. The highest BCUT2D eigenvalue weighted by atomic mass is 15.1. The summed E-state index contributed by atoms with van der Waals surface area (Å²) in [4.78, 5) is 45.6. The number of aromatic nitrogens is 9. The average Bonchev–Trinajstić information content (AvgIpc) is 1.55. The molecule has 3 aromatic heterocycles. The van der Waals surface area contributed by atoms with E-state index in [4.69, 9.17) is 44.9 Å². The van der Waals surface area contributed by atoms with Gasteiger partial charge in [0, 0.05) is 50.1 Å². The second-order valence-electron chi connectivity index (χ2n) is 35.6. The first-order valence-electron chi connectivity index (χ1n) is 47.8.